The van der Waals surface area contributed by atoms with Crippen molar-refractivity contribution in [3.8, 4) is 0 Å². The summed E-state index contributed by atoms with van der Waals surface area (Å²) in [5.41, 5.74) is 1.12. The fraction of sp³-hybridized carbons (Fsp3) is 0.842. The van der Waals surface area contributed by atoms with Crippen molar-refractivity contribution in [3.63, 3.8) is 0 Å². The van der Waals surface area contributed by atoms with Crippen LogP contribution in [0.2, 0.25) is 0 Å². The Kier molecular flexibility index (Phi) is 4.49. The molecule has 1 fully saturated rings. The van der Waals surface area contributed by atoms with E-state index in [1.165, 1.54) is 0 Å². The predicted molar refractivity (Wildman–Crippen MR) is 96.2 cm³/mol. The highest BCUT2D eigenvalue weighted by molar-refractivity contribution is 5.53. The first-order valence-corrected chi connectivity index (χ1v) is 8.78. The molecule has 132 valence electrons. The van der Waals surface area contributed by atoms with Gasteiger partial charge in [-0.05, 0) is 74.3 Å². The van der Waals surface area contributed by atoms with Gasteiger partial charge >= 0.3 is 0 Å². The minimum Gasteiger partial charge on any atom is -0.316 e. The Morgan fingerprint density at radius 1 is 0.957 bits per heavy atom. The van der Waals surface area contributed by atoms with Gasteiger partial charge in [-0.15, -0.1) is 0 Å². The van der Waals surface area contributed by atoms with Crippen molar-refractivity contribution in [1.82, 2.24) is 15.5 Å². The van der Waals surface area contributed by atoms with Gasteiger partial charge in [-0.25, -0.2) is 0 Å². The minimum absolute atomic E-state index is 0.00715. The van der Waals surface area contributed by atoms with E-state index in [1.54, 1.807) is 0 Å². The Hall–Kier alpha value is -0.870. The largest absolute Gasteiger partial charge is 0.316 e. The average Bonchev–Trinajstić information content (AvgIpc) is 2.20. The van der Waals surface area contributed by atoms with Gasteiger partial charge in [0.15, 0.2) is 0 Å². The van der Waals surface area contributed by atoms with Crippen molar-refractivity contribution < 1.29 is 4.79 Å². The van der Waals surface area contributed by atoms with Gasteiger partial charge in [-0.2, -0.15) is 0 Å². The van der Waals surface area contributed by atoms with Gasteiger partial charge < -0.3 is 15.5 Å². The van der Waals surface area contributed by atoms with E-state index in [1.807, 2.05) is 4.90 Å². The molecule has 0 saturated carbocycles. The van der Waals surface area contributed by atoms with Crippen LogP contribution in [-0.2, 0) is 4.79 Å². The van der Waals surface area contributed by atoms with Crippen LogP contribution in [0.3, 0.4) is 0 Å². The Balaban J connectivity index is 2.32. The summed E-state index contributed by atoms with van der Waals surface area (Å²) >= 11 is 0. The smallest absolute Gasteiger partial charge is 0.214 e. The molecule has 0 radical (unpaired) electrons. The van der Waals surface area contributed by atoms with Gasteiger partial charge in [-0.1, -0.05) is 0 Å². The normalized spacial score (nSPS) is 28.8. The second-order valence-corrected chi connectivity index (χ2v) is 10.0. The lowest BCUT2D eigenvalue weighted by molar-refractivity contribution is -0.120. The number of amides is 1. The van der Waals surface area contributed by atoms with Crippen molar-refractivity contribution in [2.75, 3.05) is 0 Å². The number of carbonyl (C=O) groups excluding carboxylic acids is 1. The maximum absolute atomic E-state index is 12.0. The van der Waals surface area contributed by atoms with Crippen LogP contribution in [0.4, 0.5) is 0 Å². The van der Waals surface area contributed by atoms with E-state index in [9.17, 15) is 4.79 Å². The standard InChI is InChI=1S/C19H35N3O/c1-16(2)9-14(10-17(3,4)20-16)22(13-23)15-11-18(5,6)21-19(7,8)12-15/h9,13,15,20-21H,10-12H2,1-8H3. The fourth-order valence-electron chi connectivity index (χ4n) is 4.89. The fourth-order valence-corrected chi connectivity index (χ4v) is 4.89. The molecule has 2 rings (SSSR count). The van der Waals surface area contributed by atoms with Crippen molar-refractivity contribution >= 4 is 6.41 Å². The van der Waals surface area contributed by atoms with Gasteiger partial charge in [0.1, 0.15) is 0 Å². The Morgan fingerprint density at radius 3 is 1.91 bits per heavy atom. The molecule has 1 amide bonds. The SMILES string of the molecule is CC1(C)C=C(N(C=O)C2CC(C)(C)NC(C)(C)C2)CC(C)(C)N1. The number of nitrogens with zero attached hydrogens (tertiary/aromatic N) is 1. The molecule has 0 atom stereocenters. The first-order chi connectivity index (χ1) is 10.2. The molecule has 0 aromatic rings. The molecule has 0 aliphatic carbocycles. The molecule has 1 saturated heterocycles. The summed E-state index contributed by atoms with van der Waals surface area (Å²) < 4.78 is 0. The average molecular weight is 322 g/mol. The lowest BCUT2D eigenvalue weighted by atomic mass is 9.78. The van der Waals surface area contributed by atoms with Crippen LogP contribution in [0.5, 0.6) is 0 Å². The molecule has 23 heavy (non-hydrogen) atoms. The monoisotopic (exact) mass is 321 g/mol. The molecular weight excluding hydrogens is 286 g/mol. The summed E-state index contributed by atoms with van der Waals surface area (Å²) in [4.78, 5) is 14.0. The lowest BCUT2D eigenvalue weighted by Crippen LogP contribution is -2.63. The molecule has 2 N–H and O–H groups in total. The van der Waals surface area contributed by atoms with E-state index in [0.29, 0.717) is 0 Å². The predicted octanol–water partition coefficient (Wildman–Crippen LogP) is 3.19. The highest BCUT2D eigenvalue weighted by Crippen LogP contribution is 2.36. The van der Waals surface area contributed by atoms with E-state index < -0.39 is 0 Å². The third-order valence-corrected chi connectivity index (χ3v) is 4.82. The topological polar surface area (TPSA) is 44.4 Å². The molecule has 0 bridgehead atoms. The summed E-state index contributed by atoms with van der Waals surface area (Å²) in [6.07, 6.45) is 6.10. The maximum Gasteiger partial charge on any atom is 0.214 e. The highest BCUT2D eigenvalue weighted by atomic mass is 16.1. The summed E-state index contributed by atoms with van der Waals surface area (Å²) in [5.74, 6) is 0. The summed E-state index contributed by atoms with van der Waals surface area (Å²) in [7, 11) is 0. The molecule has 0 aromatic heterocycles. The number of rotatable bonds is 3. The lowest BCUT2D eigenvalue weighted by Gasteiger charge is -2.51. The van der Waals surface area contributed by atoms with Crippen LogP contribution in [0.15, 0.2) is 11.8 Å². The van der Waals surface area contributed by atoms with Crippen LogP contribution in [0.1, 0.15) is 74.7 Å². The third-order valence-electron chi connectivity index (χ3n) is 4.82. The minimum atomic E-state index is -0.101. The summed E-state index contributed by atoms with van der Waals surface area (Å²) in [5, 5.41) is 7.35. The van der Waals surface area contributed by atoms with E-state index in [2.05, 4.69) is 72.1 Å². The molecule has 2 heterocycles. The van der Waals surface area contributed by atoms with Gasteiger partial charge in [0, 0.05) is 40.3 Å². The van der Waals surface area contributed by atoms with Crippen LogP contribution < -0.4 is 10.6 Å². The number of hydrogen-bond donors (Lipinski definition) is 2. The summed E-state index contributed by atoms with van der Waals surface area (Å²) in [6, 6.07) is 0.245. The molecule has 2 aliphatic heterocycles. The van der Waals surface area contributed by atoms with E-state index in [0.717, 1.165) is 31.4 Å². The molecule has 4 nitrogen and oxygen atoms in total. The second-order valence-electron chi connectivity index (χ2n) is 10.0. The zero-order valence-electron chi connectivity index (χ0n) is 16.2. The zero-order chi connectivity index (χ0) is 17.7. The first kappa shape index (κ1) is 18.5. The maximum atomic E-state index is 12.0. The van der Waals surface area contributed by atoms with Crippen LogP contribution in [-0.4, -0.2) is 39.5 Å². The number of nitrogens with one attached hydrogen (secondary N) is 2. The first-order valence-electron chi connectivity index (χ1n) is 8.78. The molecule has 4 heteroatoms. The molecule has 0 unspecified atom stereocenters. The molecule has 2 aliphatic rings. The van der Waals surface area contributed by atoms with Crippen LogP contribution >= 0.6 is 0 Å². The van der Waals surface area contributed by atoms with Crippen LogP contribution in [0, 0.1) is 0 Å². The van der Waals surface area contributed by atoms with Gasteiger partial charge in [-0.3, -0.25) is 4.79 Å². The molecule has 0 spiro atoms. The summed E-state index contributed by atoms with van der Waals surface area (Å²) in [6.45, 7) is 17.7. The number of carbonyl (C=O) groups is 1. The van der Waals surface area contributed by atoms with E-state index >= 15 is 0 Å². The Labute approximate surface area is 142 Å². The zero-order valence-corrected chi connectivity index (χ0v) is 16.2. The van der Waals surface area contributed by atoms with Crippen molar-refractivity contribution in [1.29, 1.82) is 0 Å². The van der Waals surface area contributed by atoms with Crippen LogP contribution in [0.25, 0.3) is 0 Å². The van der Waals surface area contributed by atoms with Crippen molar-refractivity contribution in [2.24, 2.45) is 0 Å². The molecular formula is C19H35N3O. The van der Waals surface area contributed by atoms with E-state index in [-0.39, 0.29) is 28.2 Å². The second kappa shape index (κ2) is 5.59. The van der Waals surface area contributed by atoms with Gasteiger partial charge in [0.2, 0.25) is 6.41 Å². The van der Waals surface area contributed by atoms with Crippen molar-refractivity contribution in [2.45, 2.75) is 103 Å². The van der Waals surface area contributed by atoms with Gasteiger partial charge in [0.25, 0.3) is 0 Å². The van der Waals surface area contributed by atoms with E-state index in [4.69, 9.17) is 0 Å². The quantitative estimate of drug-likeness (QED) is 0.785. The highest BCUT2D eigenvalue weighted by Gasteiger charge is 2.42. The third kappa shape index (κ3) is 4.57. The molecule has 0 aromatic carbocycles. The Morgan fingerprint density at radius 2 is 1.48 bits per heavy atom. The van der Waals surface area contributed by atoms with Gasteiger partial charge in [0.05, 0.1) is 0 Å². The number of piperidine rings is 1. The van der Waals surface area contributed by atoms with Crippen molar-refractivity contribution in [3.05, 3.63) is 11.8 Å². The Bertz CT molecular complexity index is 487. The number of hydrogen-bond acceptors (Lipinski definition) is 3.